The van der Waals surface area contributed by atoms with Crippen LogP contribution in [0, 0.1) is 11.3 Å². The highest BCUT2D eigenvalue weighted by Crippen LogP contribution is 2.30. The number of rotatable bonds is 4. The Kier molecular flexibility index (Phi) is 4.98. The average Bonchev–Trinajstić information content (AvgIpc) is 2.60. The topological polar surface area (TPSA) is 20.3 Å². The number of Topliss-reactive ketones (excluding diaryl/α,β-unsaturated/α-hetero) is 1. The van der Waals surface area contributed by atoms with Gasteiger partial charge >= 0.3 is 0 Å². The zero-order chi connectivity index (χ0) is 14.6. The number of hydrogen-bond acceptors (Lipinski definition) is 2. The van der Waals surface area contributed by atoms with Gasteiger partial charge in [0.2, 0.25) is 0 Å². The van der Waals surface area contributed by atoms with Crippen LogP contribution in [0.5, 0.6) is 0 Å². The smallest absolute Gasteiger partial charge is 0.166 e. The summed E-state index contributed by atoms with van der Waals surface area (Å²) in [6.07, 6.45) is 3.78. The van der Waals surface area contributed by atoms with Crippen LogP contribution < -0.4 is 0 Å². The molecule has 110 valence electrons. The van der Waals surface area contributed by atoms with Crippen molar-refractivity contribution in [2.24, 2.45) is 11.3 Å². The fraction of sp³-hybridized carbons (Fsp3) is 0.611. The Bertz CT molecular complexity index is 438. The Labute approximate surface area is 123 Å². The molecule has 0 amide bonds. The maximum atomic E-state index is 12.4. The molecular weight excluding hydrogens is 246 g/mol. The summed E-state index contributed by atoms with van der Waals surface area (Å²) in [6, 6.07) is 9.68. The molecule has 0 aromatic heterocycles. The van der Waals surface area contributed by atoms with E-state index >= 15 is 0 Å². The highest BCUT2D eigenvalue weighted by Gasteiger charge is 2.25. The summed E-state index contributed by atoms with van der Waals surface area (Å²) in [6.45, 7) is 9.93. The summed E-state index contributed by atoms with van der Waals surface area (Å²) in [5.41, 5.74) is 1.30. The lowest BCUT2D eigenvalue weighted by Crippen LogP contribution is -2.33. The largest absolute Gasteiger partial charge is 0.303 e. The van der Waals surface area contributed by atoms with Gasteiger partial charge in [-0.05, 0) is 37.8 Å². The molecule has 0 aliphatic carbocycles. The second-order valence-corrected chi connectivity index (χ2v) is 6.95. The van der Waals surface area contributed by atoms with Crippen molar-refractivity contribution in [3.8, 4) is 0 Å². The monoisotopic (exact) mass is 273 g/mol. The predicted octanol–water partition coefficient (Wildman–Crippen LogP) is 4.02. The van der Waals surface area contributed by atoms with Crippen LogP contribution in [0.1, 0.15) is 50.4 Å². The van der Waals surface area contributed by atoms with Crippen LogP contribution in [0.25, 0.3) is 0 Å². The molecule has 2 heteroatoms. The lowest BCUT2D eigenvalue weighted by atomic mass is 9.85. The van der Waals surface area contributed by atoms with Crippen LogP contribution in [0.4, 0.5) is 0 Å². The van der Waals surface area contributed by atoms with Crippen LogP contribution in [0.15, 0.2) is 30.3 Å². The van der Waals surface area contributed by atoms with E-state index in [4.69, 9.17) is 0 Å². The van der Waals surface area contributed by atoms with E-state index in [2.05, 4.69) is 25.7 Å². The third-order valence-electron chi connectivity index (χ3n) is 4.47. The van der Waals surface area contributed by atoms with Crippen molar-refractivity contribution in [1.82, 2.24) is 4.90 Å². The highest BCUT2D eigenvalue weighted by molar-refractivity contribution is 5.97. The Hall–Kier alpha value is -1.15. The molecule has 20 heavy (non-hydrogen) atoms. The quantitative estimate of drug-likeness (QED) is 0.772. The number of nitrogens with zero attached hydrogens (tertiary/aromatic N) is 1. The van der Waals surface area contributed by atoms with Crippen molar-refractivity contribution < 1.29 is 4.79 Å². The van der Waals surface area contributed by atoms with Gasteiger partial charge in [0.05, 0.1) is 0 Å². The molecule has 0 N–H and O–H groups in total. The van der Waals surface area contributed by atoms with Gasteiger partial charge in [0.1, 0.15) is 0 Å². The molecule has 1 atom stereocenters. The number of carbonyl (C=O) groups excluding carboxylic acids is 1. The molecule has 1 saturated heterocycles. The lowest BCUT2D eigenvalue weighted by molar-refractivity contribution is 0.0894. The van der Waals surface area contributed by atoms with Crippen LogP contribution in [-0.4, -0.2) is 30.3 Å². The minimum absolute atomic E-state index is 0.0820. The second-order valence-electron chi connectivity index (χ2n) is 6.95. The standard InChI is InChI=1S/C18H27NO/c1-15(17(20)16-8-5-4-6-9-16)14-19-12-7-10-18(2,3)11-13-19/h4-6,8-9,15H,7,10-14H2,1-3H3. The lowest BCUT2D eigenvalue weighted by Gasteiger charge is -2.25. The van der Waals surface area contributed by atoms with E-state index in [1.54, 1.807) is 0 Å². The molecule has 0 radical (unpaired) electrons. The van der Waals surface area contributed by atoms with Gasteiger partial charge in [-0.25, -0.2) is 0 Å². The van der Waals surface area contributed by atoms with E-state index in [-0.39, 0.29) is 11.7 Å². The first-order valence-electron chi connectivity index (χ1n) is 7.79. The molecule has 1 fully saturated rings. The minimum Gasteiger partial charge on any atom is -0.303 e. The fourth-order valence-corrected chi connectivity index (χ4v) is 3.02. The molecule has 1 heterocycles. The maximum absolute atomic E-state index is 12.4. The van der Waals surface area contributed by atoms with Gasteiger partial charge in [-0.2, -0.15) is 0 Å². The van der Waals surface area contributed by atoms with Crippen molar-refractivity contribution in [3.63, 3.8) is 0 Å². The molecular formula is C18H27NO. The van der Waals surface area contributed by atoms with Gasteiger partial charge in [0.15, 0.2) is 5.78 Å². The average molecular weight is 273 g/mol. The van der Waals surface area contributed by atoms with Gasteiger partial charge in [0.25, 0.3) is 0 Å². The third kappa shape index (κ3) is 4.17. The molecule has 1 aliphatic heterocycles. The van der Waals surface area contributed by atoms with Crippen molar-refractivity contribution in [3.05, 3.63) is 35.9 Å². The van der Waals surface area contributed by atoms with Gasteiger partial charge in [-0.3, -0.25) is 4.79 Å². The summed E-state index contributed by atoms with van der Waals surface area (Å²) in [7, 11) is 0. The first-order chi connectivity index (χ1) is 9.48. The van der Waals surface area contributed by atoms with Crippen molar-refractivity contribution in [1.29, 1.82) is 0 Å². The Balaban J connectivity index is 1.91. The molecule has 0 bridgehead atoms. The normalized spacial score (nSPS) is 21.1. The number of likely N-dealkylation sites (tertiary alicyclic amines) is 1. The van der Waals surface area contributed by atoms with E-state index in [0.29, 0.717) is 5.41 Å². The van der Waals surface area contributed by atoms with E-state index < -0.39 is 0 Å². The summed E-state index contributed by atoms with van der Waals surface area (Å²) in [5, 5.41) is 0. The zero-order valence-corrected chi connectivity index (χ0v) is 13.1. The van der Waals surface area contributed by atoms with E-state index in [0.717, 1.165) is 25.2 Å². The Morgan fingerprint density at radius 2 is 1.90 bits per heavy atom. The van der Waals surface area contributed by atoms with Gasteiger partial charge in [-0.1, -0.05) is 51.1 Å². The highest BCUT2D eigenvalue weighted by atomic mass is 16.1. The molecule has 0 spiro atoms. The summed E-state index contributed by atoms with van der Waals surface area (Å²) in [5.74, 6) is 0.354. The van der Waals surface area contributed by atoms with Crippen LogP contribution in [0.2, 0.25) is 0 Å². The van der Waals surface area contributed by atoms with Gasteiger partial charge in [-0.15, -0.1) is 0 Å². The van der Waals surface area contributed by atoms with Gasteiger partial charge in [0, 0.05) is 18.0 Å². The van der Waals surface area contributed by atoms with E-state index in [1.165, 1.54) is 19.3 Å². The van der Waals surface area contributed by atoms with Crippen LogP contribution in [0.3, 0.4) is 0 Å². The maximum Gasteiger partial charge on any atom is 0.166 e. The first-order valence-corrected chi connectivity index (χ1v) is 7.79. The number of benzene rings is 1. The summed E-state index contributed by atoms with van der Waals surface area (Å²) < 4.78 is 0. The SMILES string of the molecule is CC(CN1CCCC(C)(C)CC1)C(=O)c1ccccc1. The zero-order valence-electron chi connectivity index (χ0n) is 13.1. The summed E-state index contributed by atoms with van der Waals surface area (Å²) >= 11 is 0. The second kappa shape index (κ2) is 6.53. The Morgan fingerprint density at radius 3 is 2.60 bits per heavy atom. The van der Waals surface area contributed by atoms with E-state index in [9.17, 15) is 4.79 Å². The first kappa shape index (κ1) is 15.2. The van der Waals surface area contributed by atoms with Crippen molar-refractivity contribution in [2.45, 2.75) is 40.0 Å². The van der Waals surface area contributed by atoms with Crippen molar-refractivity contribution >= 4 is 5.78 Å². The number of hydrogen-bond donors (Lipinski definition) is 0. The summed E-state index contributed by atoms with van der Waals surface area (Å²) in [4.78, 5) is 14.9. The molecule has 0 saturated carbocycles. The number of ketones is 1. The third-order valence-corrected chi connectivity index (χ3v) is 4.47. The van der Waals surface area contributed by atoms with Gasteiger partial charge < -0.3 is 4.90 Å². The molecule has 2 rings (SSSR count). The molecule has 1 aliphatic rings. The molecule has 1 aromatic rings. The Morgan fingerprint density at radius 1 is 1.20 bits per heavy atom. The van der Waals surface area contributed by atoms with Crippen LogP contribution in [-0.2, 0) is 0 Å². The number of carbonyl (C=O) groups is 1. The predicted molar refractivity (Wildman–Crippen MR) is 84.0 cm³/mol. The van der Waals surface area contributed by atoms with Crippen molar-refractivity contribution in [2.75, 3.05) is 19.6 Å². The minimum atomic E-state index is 0.0820. The fourth-order valence-electron chi connectivity index (χ4n) is 3.02. The van der Waals surface area contributed by atoms with Crippen LogP contribution >= 0.6 is 0 Å². The van der Waals surface area contributed by atoms with E-state index in [1.807, 2.05) is 30.3 Å². The molecule has 1 unspecified atom stereocenters. The molecule has 2 nitrogen and oxygen atoms in total. The molecule has 1 aromatic carbocycles.